The van der Waals surface area contributed by atoms with E-state index in [1.165, 1.54) is 31.3 Å². The van der Waals surface area contributed by atoms with E-state index in [-0.39, 0.29) is 16.9 Å². The first kappa shape index (κ1) is 13.4. The normalized spacial score (nSPS) is 10.2. The number of carbonyl (C=O) groups is 1. The summed E-state index contributed by atoms with van der Waals surface area (Å²) in [7, 11) is 0. The van der Waals surface area contributed by atoms with Crippen molar-refractivity contribution in [3.05, 3.63) is 62.1 Å². The first-order chi connectivity index (χ1) is 9.41. The number of carboxylic acid groups (broad SMARTS) is 1. The Kier molecular flexibility index (Phi) is 3.30. The summed E-state index contributed by atoms with van der Waals surface area (Å²) in [6, 6.07) is 5.72. The Bertz CT molecular complexity index is 766. The maximum absolute atomic E-state index is 11.6. The summed E-state index contributed by atoms with van der Waals surface area (Å²) in [6.07, 6.45) is 1.26. The summed E-state index contributed by atoms with van der Waals surface area (Å²) in [5, 5.41) is 23.5. The molecule has 1 aromatic heterocycles. The van der Waals surface area contributed by atoms with Gasteiger partial charge >= 0.3 is 5.97 Å². The lowest BCUT2D eigenvalue weighted by atomic mass is 10.2. The van der Waals surface area contributed by atoms with Crippen molar-refractivity contribution in [2.45, 2.75) is 6.92 Å². The van der Waals surface area contributed by atoms with E-state index >= 15 is 0 Å². The van der Waals surface area contributed by atoms with Crippen LogP contribution in [0.4, 0.5) is 5.69 Å². The van der Waals surface area contributed by atoms with Gasteiger partial charge in [-0.05, 0) is 13.0 Å². The second-order valence-electron chi connectivity index (χ2n) is 3.99. The topological polar surface area (TPSA) is 115 Å². The predicted octanol–water partition coefficient (Wildman–Crippen LogP) is 1.15. The van der Waals surface area contributed by atoms with Crippen LogP contribution in [0.25, 0.3) is 5.69 Å². The van der Waals surface area contributed by atoms with Crippen LogP contribution >= 0.6 is 0 Å². The van der Waals surface area contributed by atoms with Gasteiger partial charge in [-0.3, -0.25) is 14.9 Å². The number of rotatable bonds is 3. The zero-order chi connectivity index (χ0) is 14.9. The van der Waals surface area contributed by atoms with Gasteiger partial charge in [0.15, 0.2) is 0 Å². The highest BCUT2D eigenvalue weighted by Gasteiger charge is 2.18. The standard InChI is InChI=1S/C12H9N3O5/c1-7-6-14(13-10(11(7)16)12(17)18)8-4-2-3-5-9(8)15(19)20/h2-6H,1H3,(H,17,18). The van der Waals surface area contributed by atoms with E-state index in [9.17, 15) is 19.7 Å². The van der Waals surface area contributed by atoms with Crippen LogP contribution in [0.1, 0.15) is 16.1 Å². The molecule has 1 heterocycles. The predicted molar refractivity (Wildman–Crippen MR) is 68.2 cm³/mol. The molecule has 20 heavy (non-hydrogen) atoms. The van der Waals surface area contributed by atoms with Crippen LogP contribution in [-0.2, 0) is 0 Å². The molecule has 0 aliphatic rings. The summed E-state index contributed by atoms with van der Waals surface area (Å²) in [5.41, 5.74) is -1.41. The van der Waals surface area contributed by atoms with Gasteiger partial charge in [0.25, 0.3) is 5.69 Å². The molecule has 8 heteroatoms. The van der Waals surface area contributed by atoms with Crippen LogP contribution in [0.3, 0.4) is 0 Å². The monoisotopic (exact) mass is 275 g/mol. The maximum Gasteiger partial charge on any atom is 0.360 e. The third-order valence-electron chi connectivity index (χ3n) is 2.62. The number of hydrogen-bond acceptors (Lipinski definition) is 5. The molecule has 0 aliphatic heterocycles. The Hall–Kier alpha value is -3.03. The second kappa shape index (κ2) is 4.92. The fraction of sp³-hybridized carbons (Fsp3) is 0.0833. The number of carboxylic acids is 1. The van der Waals surface area contributed by atoms with Gasteiger partial charge in [0.05, 0.1) is 4.92 Å². The molecule has 1 N–H and O–H groups in total. The highest BCUT2D eigenvalue weighted by atomic mass is 16.6. The molecule has 0 fully saturated rings. The summed E-state index contributed by atoms with van der Waals surface area (Å²) < 4.78 is 1.03. The third kappa shape index (κ3) is 2.26. The van der Waals surface area contributed by atoms with Crippen molar-refractivity contribution in [3.63, 3.8) is 0 Å². The van der Waals surface area contributed by atoms with E-state index in [4.69, 9.17) is 5.11 Å². The number of aryl methyl sites for hydroxylation is 1. The molecule has 0 bridgehead atoms. The number of nitrogens with zero attached hydrogens (tertiary/aromatic N) is 3. The minimum atomic E-state index is -1.48. The van der Waals surface area contributed by atoms with Crippen molar-refractivity contribution >= 4 is 11.7 Å². The van der Waals surface area contributed by atoms with Gasteiger partial charge in [0.2, 0.25) is 11.1 Å². The Labute approximate surface area is 112 Å². The molecule has 102 valence electrons. The fourth-order valence-electron chi connectivity index (χ4n) is 1.69. The second-order valence-corrected chi connectivity index (χ2v) is 3.99. The first-order valence-electron chi connectivity index (χ1n) is 5.49. The molecule has 0 saturated carbocycles. The SMILES string of the molecule is Cc1cn(-c2ccccc2[N+](=O)[O-])nc(C(=O)O)c1=O. The third-order valence-corrected chi connectivity index (χ3v) is 2.62. The molecule has 8 nitrogen and oxygen atoms in total. The van der Waals surface area contributed by atoms with Crippen LogP contribution in [-0.4, -0.2) is 25.8 Å². The highest BCUT2D eigenvalue weighted by Crippen LogP contribution is 2.21. The van der Waals surface area contributed by atoms with Crippen LogP contribution in [0.15, 0.2) is 35.3 Å². The van der Waals surface area contributed by atoms with E-state index in [1.807, 2.05) is 0 Å². The van der Waals surface area contributed by atoms with E-state index in [0.717, 1.165) is 4.68 Å². The average molecular weight is 275 g/mol. The number of hydrogen-bond donors (Lipinski definition) is 1. The number of benzene rings is 1. The van der Waals surface area contributed by atoms with Crippen LogP contribution in [0.5, 0.6) is 0 Å². The Morgan fingerprint density at radius 2 is 2.05 bits per heavy atom. The van der Waals surface area contributed by atoms with Crippen molar-refractivity contribution < 1.29 is 14.8 Å². The molecule has 2 aromatic rings. The lowest BCUT2D eigenvalue weighted by Gasteiger charge is -2.07. The molecular formula is C12H9N3O5. The highest BCUT2D eigenvalue weighted by molar-refractivity contribution is 5.85. The van der Waals surface area contributed by atoms with Crippen LogP contribution < -0.4 is 5.43 Å². The maximum atomic E-state index is 11.6. The molecule has 0 unspecified atom stereocenters. The Morgan fingerprint density at radius 1 is 1.40 bits per heavy atom. The molecule has 0 aliphatic carbocycles. The van der Waals surface area contributed by atoms with Gasteiger partial charge in [-0.25, -0.2) is 9.48 Å². The first-order valence-corrected chi connectivity index (χ1v) is 5.49. The number of para-hydroxylation sites is 2. The van der Waals surface area contributed by atoms with E-state index in [1.54, 1.807) is 6.07 Å². The van der Waals surface area contributed by atoms with Crippen molar-refractivity contribution in [1.29, 1.82) is 0 Å². The van der Waals surface area contributed by atoms with Gasteiger partial charge in [-0.1, -0.05) is 12.1 Å². The van der Waals surface area contributed by atoms with E-state index in [2.05, 4.69) is 5.10 Å². The smallest absolute Gasteiger partial charge is 0.360 e. The summed E-state index contributed by atoms with van der Waals surface area (Å²) >= 11 is 0. The average Bonchev–Trinajstić information content (AvgIpc) is 2.41. The molecular weight excluding hydrogens is 266 g/mol. The molecule has 1 aromatic carbocycles. The van der Waals surface area contributed by atoms with Gasteiger partial charge in [-0.15, -0.1) is 0 Å². The number of nitro benzene ring substituents is 1. The molecule has 2 rings (SSSR count). The quantitative estimate of drug-likeness (QED) is 0.663. The van der Waals surface area contributed by atoms with Crippen molar-refractivity contribution in [2.75, 3.05) is 0 Å². The Balaban J connectivity index is 2.75. The lowest BCUT2D eigenvalue weighted by Crippen LogP contribution is -2.23. The van der Waals surface area contributed by atoms with E-state index in [0.29, 0.717) is 0 Å². The van der Waals surface area contributed by atoms with Crippen molar-refractivity contribution in [1.82, 2.24) is 9.78 Å². The van der Waals surface area contributed by atoms with Gasteiger partial charge in [0, 0.05) is 17.8 Å². The lowest BCUT2D eigenvalue weighted by molar-refractivity contribution is -0.384. The Morgan fingerprint density at radius 3 is 2.65 bits per heavy atom. The number of aromatic carboxylic acids is 1. The minimum Gasteiger partial charge on any atom is -0.476 e. The number of nitro groups is 1. The summed E-state index contributed by atoms with van der Waals surface area (Å²) in [5.74, 6) is -1.48. The van der Waals surface area contributed by atoms with Crippen LogP contribution in [0.2, 0.25) is 0 Å². The number of aromatic nitrogens is 2. The van der Waals surface area contributed by atoms with Gasteiger partial charge < -0.3 is 5.11 Å². The van der Waals surface area contributed by atoms with Crippen molar-refractivity contribution in [3.8, 4) is 5.69 Å². The molecule has 0 radical (unpaired) electrons. The van der Waals surface area contributed by atoms with Gasteiger partial charge in [-0.2, -0.15) is 5.10 Å². The van der Waals surface area contributed by atoms with E-state index < -0.39 is 22.0 Å². The van der Waals surface area contributed by atoms with Gasteiger partial charge in [0.1, 0.15) is 5.69 Å². The summed E-state index contributed by atoms with van der Waals surface area (Å²) in [6.45, 7) is 1.42. The fourth-order valence-corrected chi connectivity index (χ4v) is 1.69. The van der Waals surface area contributed by atoms with Crippen molar-refractivity contribution in [2.24, 2.45) is 0 Å². The largest absolute Gasteiger partial charge is 0.476 e. The minimum absolute atomic E-state index is 0.0862. The molecule has 0 spiro atoms. The van der Waals surface area contributed by atoms with Crippen LogP contribution in [0, 0.1) is 17.0 Å². The zero-order valence-electron chi connectivity index (χ0n) is 10.3. The zero-order valence-corrected chi connectivity index (χ0v) is 10.3. The molecule has 0 atom stereocenters. The molecule has 0 amide bonds. The molecule has 0 saturated heterocycles. The summed E-state index contributed by atoms with van der Waals surface area (Å²) in [4.78, 5) is 32.9.